The number of aliphatic carboxylic acids is 1. The number of carboxylic acid groups (broad SMARTS) is 1. The average molecular weight is 295 g/mol. The number of halogens is 3. The van der Waals surface area contributed by atoms with Crippen LogP contribution < -0.4 is 5.32 Å². The molecule has 1 fully saturated rings. The van der Waals surface area contributed by atoms with Crippen LogP contribution in [0.15, 0.2) is 0 Å². The van der Waals surface area contributed by atoms with E-state index in [0.29, 0.717) is 18.1 Å². The molecule has 5 nitrogen and oxygen atoms in total. The van der Waals surface area contributed by atoms with Crippen molar-refractivity contribution in [2.45, 2.75) is 31.9 Å². The Labute approximate surface area is 111 Å². The molecule has 0 bridgehead atoms. The molecule has 0 unspecified atom stereocenters. The summed E-state index contributed by atoms with van der Waals surface area (Å²) < 4.78 is 40.1. The van der Waals surface area contributed by atoms with Gasteiger partial charge >= 0.3 is 12.1 Å². The first kappa shape index (κ1) is 14.0. The molecule has 2 rings (SSSR count). The Morgan fingerprint density at radius 3 is 2.58 bits per heavy atom. The maximum absolute atomic E-state index is 12.3. The lowest BCUT2D eigenvalue weighted by Gasteiger charge is -2.40. The maximum atomic E-state index is 12.3. The van der Waals surface area contributed by atoms with Crippen molar-refractivity contribution in [2.24, 2.45) is 5.41 Å². The van der Waals surface area contributed by atoms with Crippen molar-refractivity contribution in [3.63, 3.8) is 0 Å². The minimum atomic E-state index is -4.55. The van der Waals surface area contributed by atoms with Crippen LogP contribution in [0.4, 0.5) is 18.3 Å². The highest BCUT2D eigenvalue weighted by Gasteiger charge is 2.40. The molecule has 0 aliphatic heterocycles. The summed E-state index contributed by atoms with van der Waals surface area (Å²) in [5, 5.41) is 11.7. The van der Waals surface area contributed by atoms with E-state index in [9.17, 15) is 18.0 Å². The quantitative estimate of drug-likeness (QED) is 0.873. The Morgan fingerprint density at radius 1 is 1.47 bits per heavy atom. The molecule has 0 saturated heterocycles. The monoisotopic (exact) mass is 295 g/mol. The molecule has 1 aliphatic carbocycles. The third kappa shape index (κ3) is 3.34. The topological polar surface area (TPSA) is 75.1 Å². The van der Waals surface area contributed by atoms with Crippen LogP contribution in [0.25, 0.3) is 0 Å². The lowest BCUT2D eigenvalue weighted by atomic mass is 9.66. The van der Waals surface area contributed by atoms with Crippen LogP contribution in [0.2, 0.25) is 0 Å². The van der Waals surface area contributed by atoms with Gasteiger partial charge in [0.1, 0.15) is 0 Å². The summed E-state index contributed by atoms with van der Waals surface area (Å²) in [6.07, 6.45) is -2.07. The fraction of sp³-hybridized carbons (Fsp3) is 0.700. The van der Waals surface area contributed by atoms with Gasteiger partial charge in [-0.15, -0.1) is 0 Å². The maximum Gasteiger partial charge on any atom is 0.452 e. The summed E-state index contributed by atoms with van der Waals surface area (Å²) in [4.78, 5) is 14.1. The van der Waals surface area contributed by atoms with E-state index >= 15 is 0 Å². The predicted octanol–water partition coefficient (Wildman–Crippen LogP) is 2.61. The minimum absolute atomic E-state index is 0.0188. The van der Waals surface area contributed by atoms with Gasteiger partial charge in [-0.1, -0.05) is 6.42 Å². The van der Waals surface area contributed by atoms with Gasteiger partial charge in [0.2, 0.25) is 11.0 Å². The van der Waals surface area contributed by atoms with Gasteiger partial charge < -0.3 is 10.4 Å². The number of rotatable bonds is 5. The zero-order valence-corrected chi connectivity index (χ0v) is 10.6. The lowest BCUT2D eigenvalue weighted by Crippen LogP contribution is -2.38. The number of hydrogen-bond acceptors (Lipinski definition) is 5. The molecule has 1 aliphatic rings. The highest BCUT2D eigenvalue weighted by atomic mass is 32.1. The van der Waals surface area contributed by atoms with Gasteiger partial charge in [-0.25, -0.2) is 0 Å². The fourth-order valence-electron chi connectivity index (χ4n) is 2.09. The number of hydrogen-bond donors (Lipinski definition) is 2. The van der Waals surface area contributed by atoms with Crippen LogP contribution in [0, 0.1) is 5.41 Å². The number of anilines is 1. The van der Waals surface area contributed by atoms with Crippen LogP contribution in [0.1, 0.15) is 31.5 Å². The highest BCUT2D eigenvalue weighted by Crippen LogP contribution is 2.44. The summed E-state index contributed by atoms with van der Waals surface area (Å²) >= 11 is 0.631. The molecule has 0 radical (unpaired) electrons. The average Bonchev–Trinajstić information content (AvgIpc) is 2.69. The summed E-state index contributed by atoms with van der Waals surface area (Å²) in [6, 6.07) is 0. The van der Waals surface area contributed by atoms with E-state index in [1.165, 1.54) is 0 Å². The van der Waals surface area contributed by atoms with Crippen LogP contribution >= 0.6 is 11.5 Å². The van der Waals surface area contributed by atoms with E-state index in [2.05, 4.69) is 14.7 Å². The number of nitrogens with zero attached hydrogens (tertiary/aromatic N) is 2. The van der Waals surface area contributed by atoms with E-state index in [1.807, 2.05) is 0 Å². The zero-order chi connectivity index (χ0) is 14.1. The first-order valence-corrected chi connectivity index (χ1v) is 6.45. The molecular weight excluding hydrogens is 283 g/mol. The molecule has 1 heterocycles. The van der Waals surface area contributed by atoms with Crippen LogP contribution in [0.3, 0.4) is 0 Å². The molecule has 0 amide bonds. The van der Waals surface area contributed by atoms with Crippen LogP contribution in [-0.2, 0) is 11.0 Å². The summed E-state index contributed by atoms with van der Waals surface area (Å²) in [5.74, 6) is -2.06. The fourth-order valence-corrected chi connectivity index (χ4v) is 2.67. The molecule has 0 atom stereocenters. The van der Waals surface area contributed by atoms with Gasteiger partial charge in [0.05, 0.1) is 6.42 Å². The van der Waals surface area contributed by atoms with E-state index in [0.717, 1.165) is 19.3 Å². The number of aromatic nitrogens is 2. The Bertz CT molecular complexity index is 471. The number of carbonyl (C=O) groups is 1. The SMILES string of the molecule is O=C(O)CC1(CNc2nc(C(F)(F)F)ns2)CCC1. The van der Waals surface area contributed by atoms with E-state index in [-0.39, 0.29) is 17.0 Å². The van der Waals surface area contributed by atoms with Crippen molar-refractivity contribution in [1.82, 2.24) is 9.36 Å². The Kier molecular flexibility index (Phi) is 3.66. The van der Waals surface area contributed by atoms with Crippen molar-refractivity contribution in [1.29, 1.82) is 0 Å². The van der Waals surface area contributed by atoms with Crippen molar-refractivity contribution in [2.75, 3.05) is 11.9 Å². The van der Waals surface area contributed by atoms with Crippen molar-refractivity contribution in [3.8, 4) is 0 Å². The summed E-state index contributed by atoms with van der Waals surface area (Å²) in [7, 11) is 0. The van der Waals surface area contributed by atoms with Gasteiger partial charge in [-0.05, 0) is 18.3 Å². The normalized spacial score (nSPS) is 17.8. The second kappa shape index (κ2) is 4.95. The lowest BCUT2D eigenvalue weighted by molar-refractivity contribution is -0.144. The number of alkyl halides is 3. The van der Waals surface area contributed by atoms with Gasteiger partial charge in [-0.3, -0.25) is 4.79 Å². The molecule has 106 valence electrons. The molecule has 0 spiro atoms. The molecular formula is C10H12F3N3O2S. The van der Waals surface area contributed by atoms with Crippen LogP contribution in [0.5, 0.6) is 0 Å². The molecule has 9 heteroatoms. The zero-order valence-electron chi connectivity index (χ0n) is 9.83. The van der Waals surface area contributed by atoms with E-state index in [1.54, 1.807) is 0 Å². The molecule has 1 aromatic heterocycles. The molecule has 0 aromatic carbocycles. The highest BCUT2D eigenvalue weighted by molar-refractivity contribution is 7.09. The third-order valence-electron chi connectivity index (χ3n) is 3.23. The molecule has 2 N–H and O–H groups in total. The van der Waals surface area contributed by atoms with Crippen molar-refractivity contribution >= 4 is 22.6 Å². The first-order chi connectivity index (χ1) is 8.81. The van der Waals surface area contributed by atoms with Crippen molar-refractivity contribution in [3.05, 3.63) is 5.82 Å². The number of nitrogens with one attached hydrogen (secondary N) is 1. The Hall–Kier alpha value is -1.38. The first-order valence-electron chi connectivity index (χ1n) is 5.67. The van der Waals surface area contributed by atoms with Gasteiger partial charge in [0.15, 0.2) is 0 Å². The summed E-state index contributed by atoms with van der Waals surface area (Å²) in [5.41, 5.74) is -0.365. The Morgan fingerprint density at radius 2 is 2.16 bits per heavy atom. The minimum Gasteiger partial charge on any atom is -0.481 e. The van der Waals surface area contributed by atoms with Crippen LogP contribution in [-0.4, -0.2) is 27.0 Å². The molecule has 19 heavy (non-hydrogen) atoms. The van der Waals surface area contributed by atoms with E-state index in [4.69, 9.17) is 5.11 Å². The summed E-state index contributed by atoms with van der Waals surface area (Å²) in [6.45, 7) is 0.311. The van der Waals surface area contributed by atoms with Gasteiger partial charge in [-0.2, -0.15) is 22.5 Å². The van der Waals surface area contributed by atoms with Gasteiger partial charge in [0, 0.05) is 18.1 Å². The number of carboxylic acids is 1. The second-order valence-electron chi connectivity index (χ2n) is 4.70. The molecule has 1 aromatic rings. The largest absolute Gasteiger partial charge is 0.481 e. The predicted molar refractivity (Wildman–Crippen MR) is 61.9 cm³/mol. The smallest absolute Gasteiger partial charge is 0.452 e. The van der Waals surface area contributed by atoms with Gasteiger partial charge in [0.25, 0.3) is 0 Å². The Balaban J connectivity index is 1.95. The standard InChI is InChI=1S/C10H12F3N3O2S/c11-10(12,13)7-15-8(19-16-7)14-5-9(2-1-3-9)4-6(17)18/h1-5H2,(H,17,18)(H,14,15,16). The second-order valence-corrected chi connectivity index (χ2v) is 5.45. The third-order valence-corrected chi connectivity index (χ3v) is 3.91. The van der Waals surface area contributed by atoms with E-state index < -0.39 is 18.0 Å². The molecule has 1 saturated carbocycles. The van der Waals surface area contributed by atoms with Crippen molar-refractivity contribution < 1.29 is 23.1 Å².